The number of aliphatic hydroxyl groups excluding tert-OH is 1. The second kappa shape index (κ2) is 24.5. The van der Waals surface area contributed by atoms with Gasteiger partial charge in [-0.3, -0.25) is 0 Å². The van der Waals surface area contributed by atoms with E-state index in [1.54, 1.807) is 6.08 Å². The molecule has 0 bridgehead atoms. The second-order valence-corrected chi connectivity index (χ2v) is 32.2. The molecule has 0 unspecified atom stereocenters. The first-order chi connectivity index (χ1) is 35.5. The van der Waals surface area contributed by atoms with Crippen LogP contribution in [0.2, 0.25) is 10.1 Å². The van der Waals surface area contributed by atoms with E-state index in [4.69, 9.17) is 32.5 Å². The predicted octanol–water partition coefficient (Wildman–Crippen LogP) is 10.8. The highest BCUT2D eigenvalue weighted by Crippen LogP contribution is 2.45. The van der Waals surface area contributed by atoms with Gasteiger partial charge in [-0.05, 0) is 73.6 Å². The Hall–Kier alpha value is -4.05. The number of hydrogen-bond acceptors (Lipinski definition) is 8. The van der Waals surface area contributed by atoms with Crippen LogP contribution in [0.1, 0.15) is 100 Å². The van der Waals surface area contributed by atoms with Gasteiger partial charge in [0.15, 0.2) is 0 Å². The summed E-state index contributed by atoms with van der Waals surface area (Å²) >= 11 is 0. The topological polar surface area (TPSA) is 84.8 Å². The number of fused-ring (bicyclic) bond motifs is 1. The number of hydrogen-bond donors (Lipinski definition) is 1. The molecule has 10 heteroatoms. The maximum atomic E-state index is 12.3. The Morgan fingerprint density at radius 1 is 0.649 bits per heavy atom. The lowest BCUT2D eigenvalue weighted by Gasteiger charge is -2.53. The third-order valence-electron chi connectivity index (χ3n) is 16.5. The molecule has 4 heterocycles. The molecule has 4 aliphatic heterocycles. The number of rotatable bonds is 20. The monoisotopic (exact) mass is 1040 g/mol. The Morgan fingerprint density at radius 2 is 1.20 bits per heavy atom. The first-order valence-corrected chi connectivity index (χ1v) is 31.3. The normalized spacial score (nSPS) is 29.1. The Kier molecular flexibility index (Phi) is 18.6. The molecule has 0 aromatic heterocycles. The van der Waals surface area contributed by atoms with Crippen molar-refractivity contribution in [3.05, 3.63) is 170 Å². The van der Waals surface area contributed by atoms with Gasteiger partial charge in [-0.1, -0.05) is 208 Å². The van der Waals surface area contributed by atoms with E-state index < -0.39 is 28.8 Å². The molecular formula is C64H86O8Si2. The highest BCUT2D eigenvalue weighted by atomic mass is 28.4. The average Bonchev–Trinajstić information content (AvgIpc) is 3.75. The van der Waals surface area contributed by atoms with Crippen LogP contribution in [-0.4, -0.2) is 103 Å². The van der Waals surface area contributed by atoms with Crippen molar-refractivity contribution < 1.29 is 37.6 Å². The van der Waals surface area contributed by atoms with Gasteiger partial charge >= 0.3 is 0 Å². The van der Waals surface area contributed by atoms with E-state index in [1.807, 2.05) is 6.08 Å². The van der Waals surface area contributed by atoms with E-state index in [-0.39, 0.29) is 70.7 Å². The molecule has 8 nitrogen and oxygen atoms in total. The van der Waals surface area contributed by atoms with Gasteiger partial charge in [0.2, 0.25) is 0 Å². The Balaban J connectivity index is 1.05. The van der Waals surface area contributed by atoms with Crippen LogP contribution in [0.4, 0.5) is 0 Å². The van der Waals surface area contributed by atoms with Gasteiger partial charge < -0.3 is 37.6 Å². The van der Waals surface area contributed by atoms with Crippen molar-refractivity contribution in [2.45, 2.75) is 171 Å². The van der Waals surface area contributed by atoms with Crippen molar-refractivity contribution in [3.63, 3.8) is 0 Å². The van der Waals surface area contributed by atoms with Gasteiger partial charge in [-0.15, -0.1) is 6.58 Å². The van der Waals surface area contributed by atoms with Gasteiger partial charge in [-0.2, -0.15) is 0 Å². The van der Waals surface area contributed by atoms with E-state index in [9.17, 15) is 5.11 Å². The Labute approximate surface area is 446 Å². The van der Waals surface area contributed by atoms with E-state index in [1.165, 1.54) is 20.7 Å². The molecule has 0 spiro atoms. The predicted molar refractivity (Wildman–Crippen MR) is 306 cm³/mol. The second-order valence-electron chi connectivity index (χ2n) is 23.6. The molecule has 74 heavy (non-hydrogen) atoms. The third-order valence-corrected chi connectivity index (χ3v) is 26.6. The molecule has 1 N–H and O–H groups in total. The van der Waals surface area contributed by atoms with Crippen LogP contribution in [0.15, 0.2) is 170 Å². The van der Waals surface area contributed by atoms with Crippen LogP contribution >= 0.6 is 0 Å². The minimum Gasteiger partial charge on any atom is -0.407 e. The fourth-order valence-electron chi connectivity index (χ4n) is 12.6. The largest absolute Gasteiger partial charge is 0.407 e. The van der Waals surface area contributed by atoms with E-state index in [0.29, 0.717) is 39.1 Å². The molecule has 0 saturated carbocycles. The smallest absolute Gasteiger partial charge is 0.261 e. The summed E-state index contributed by atoms with van der Waals surface area (Å²) in [4.78, 5) is 0. The SMILES string of the molecule is C=CCOC/C=C/[C@H]1CC(=C)[C@H](CC[C@H]2C[C@@H](C)C(=C)[C@@H](C[C@@H]3O[C@H]4C[C@@H](O[Si](c5ccccc5)(c5ccccc5)C(C)(C)C)[C@@H](CCO[Si](c5ccccc5)(c5ccccc5)C(C)(C)C)O[C@H]4[C@H](C)[C@H]3O)O2)O1. The summed E-state index contributed by atoms with van der Waals surface area (Å²) in [6.45, 7) is 32.6. The van der Waals surface area contributed by atoms with Crippen LogP contribution in [0.25, 0.3) is 0 Å². The summed E-state index contributed by atoms with van der Waals surface area (Å²) in [5.41, 5.74) is 2.19. The minimum atomic E-state index is -3.06. The van der Waals surface area contributed by atoms with Gasteiger partial charge in [0, 0.05) is 31.8 Å². The van der Waals surface area contributed by atoms with Gasteiger partial charge in [0.1, 0.15) is 0 Å². The van der Waals surface area contributed by atoms with Crippen LogP contribution in [0.5, 0.6) is 0 Å². The quantitative estimate of drug-likeness (QED) is 0.0532. The molecule has 4 aliphatic rings. The van der Waals surface area contributed by atoms with Crippen LogP contribution in [-0.2, 0) is 32.5 Å². The van der Waals surface area contributed by atoms with Crippen molar-refractivity contribution in [1.82, 2.24) is 0 Å². The molecule has 4 aromatic rings. The van der Waals surface area contributed by atoms with Crippen molar-refractivity contribution in [1.29, 1.82) is 0 Å². The summed E-state index contributed by atoms with van der Waals surface area (Å²) in [5.74, 6) is 0.0523. The molecular weight excluding hydrogens is 953 g/mol. The van der Waals surface area contributed by atoms with Gasteiger partial charge in [0.25, 0.3) is 16.6 Å². The lowest BCUT2D eigenvalue weighted by Crippen LogP contribution is -2.70. The standard InChI is InChI=1S/C64H86O8Si2/c1-12-38-66-39-25-26-49-42-46(3)55(68-49)36-35-50-41-45(2)47(4)57(69-50)43-59-61(65)48(5)62-60(70-59)44-58(72-74(64(9,10)11,53-31-21-15-22-32-53)54-33-23-16-24-34-54)56(71-62)37-40-67-73(63(6,7)8,51-27-17-13-18-28-51)52-29-19-14-20-30-52/h12-34,45,48-50,55-62,65H,1,3-4,35-44H2,2,5-11H3/b26-25+/t45-,48-,49+,50+,55+,56-,57-,58-,59+,60+,61-,62+/m1/s1. The van der Waals surface area contributed by atoms with Crippen LogP contribution in [0.3, 0.4) is 0 Å². The van der Waals surface area contributed by atoms with E-state index in [0.717, 1.165) is 36.8 Å². The number of ether oxygens (including phenoxy) is 5. The van der Waals surface area contributed by atoms with Crippen LogP contribution in [0, 0.1) is 11.8 Å². The lowest BCUT2D eigenvalue weighted by atomic mass is 9.79. The molecule has 0 aliphatic carbocycles. The zero-order valence-corrected chi connectivity index (χ0v) is 47.7. The molecule has 0 radical (unpaired) electrons. The van der Waals surface area contributed by atoms with Crippen molar-refractivity contribution in [2.75, 3.05) is 19.8 Å². The summed E-state index contributed by atoms with van der Waals surface area (Å²) in [6.07, 6.45) is 8.15. The lowest BCUT2D eigenvalue weighted by molar-refractivity contribution is -0.267. The fraction of sp³-hybridized carbons (Fsp3) is 0.500. The number of aliphatic hydroxyl groups is 1. The van der Waals surface area contributed by atoms with Crippen molar-refractivity contribution in [3.8, 4) is 0 Å². The summed E-state index contributed by atoms with van der Waals surface area (Å²) in [6, 6.07) is 43.4. The van der Waals surface area contributed by atoms with E-state index in [2.05, 4.69) is 203 Å². The molecule has 4 aromatic carbocycles. The maximum absolute atomic E-state index is 12.3. The average molecular weight is 1040 g/mol. The first kappa shape index (κ1) is 56.2. The molecule has 398 valence electrons. The molecule has 12 atom stereocenters. The zero-order valence-electron chi connectivity index (χ0n) is 45.7. The van der Waals surface area contributed by atoms with Gasteiger partial charge in [0.05, 0.1) is 74.3 Å². The van der Waals surface area contributed by atoms with E-state index >= 15 is 0 Å². The minimum absolute atomic E-state index is 0.00413. The highest BCUT2D eigenvalue weighted by Gasteiger charge is 2.57. The van der Waals surface area contributed by atoms with Crippen molar-refractivity contribution >= 4 is 37.4 Å². The zero-order chi connectivity index (χ0) is 52.7. The molecule has 8 rings (SSSR count). The van der Waals surface area contributed by atoms with Gasteiger partial charge in [-0.25, -0.2) is 0 Å². The summed E-state index contributed by atoms with van der Waals surface area (Å²) in [7, 11) is -5.92. The summed E-state index contributed by atoms with van der Waals surface area (Å²) in [5, 5.41) is 16.8. The summed E-state index contributed by atoms with van der Waals surface area (Å²) < 4.78 is 49.1. The third kappa shape index (κ3) is 12.2. The fourth-order valence-corrected chi connectivity index (χ4v) is 21.9. The van der Waals surface area contributed by atoms with Crippen LogP contribution < -0.4 is 20.7 Å². The molecule has 0 amide bonds. The van der Waals surface area contributed by atoms with Crippen molar-refractivity contribution in [2.24, 2.45) is 11.8 Å². The first-order valence-electron chi connectivity index (χ1n) is 27.5. The molecule has 4 fully saturated rings. The molecule has 4 saturated heterocycles. The number of benzene rings is 4. The highest BCUT2D eigenvalue weighted by molar-refractivity contribution is 7.00. The Morgan fingerprint density at radius 3 is 1.74 bits per heavy atom. The maximum Gasteiger partial charge on any atom is 0.261 e. The Bertz CT molecular complexity index is 2370.